The van der Waals surface area contributed by atoms with Crippen LogP contribution in [0.1, 0.15) is 46.5 Å². The Morgan fingerprint density at radius 3 is 2.30 bits per heavy atom. The molecule has 12 heteroatoms. The fourth-order valence-corrected chi connectivity index (χ4v) is 7.39. The lowest BCUT2D eigenvalue weighted by atomic mass is 10.00. The van der Waals surface area contributed by atoms with Crippen LogP contribution in [0.15, 0.2) is 83.8 Å². The molecule has 0 bridgehead atoms. The molecule has 0 aromatic heterocycles. The number of ether oxygens (including phenoxy) is 2. The second-order valence-corrected chi connectivity index (χ2v) is 14.2. The predicted octanol–water partition coefficient (Wildman–Crippen LogP) is 2.97. The van der Waals surface area contributed by atoms with E-state index in [0.29, 0.717) is 12.2 Å². The zero-order valence-electron chi connectivity index (χ0n) is 27.3. The molecule has 3 aromatic carbocycles. The van der Waals surface area contributed by atoms with Crippen LogP contribution in [0.3, 0.4) is 0 Å². The molecule has 11 nitrogen and oxygen atoms in total. The summed E-state index contributed by atoms with van der Waals surface area (Å²) in [5, 5.41) is 24.7. The summed E-state index contributed by atoms with van der Waals surface area (Å²) < 4.78 is 39.1. The molecule has 254 valence electrons. The highest BCUT2D eigenvalue weighted by Crippen LogP contribution is 2.23. The largest absolute Gasteiger partial charge is 0.497 e. The molecular weight excluding hydrogens is 622 g/mol. The van der Waals surface area contributed by atoms with Gasteiger partial charge in [0.05, 0.1) is 42.9 Å². The van der Waals surface area contributed by atoms with Crippen LogP contribution in [0.25, 0.3) is 0 Å². The van der Waals surface area contributed by atoms with Gasteiger partial charge >= 0.3 is 0 Å². The molecule has 3 N–H and O–H groups in total. The van der Waals surface area contributed by atoms with Gasteiger partial charge in [0.2, 0.25) is 10.0 Å². The SMILES string of the molecule is COC[C@@H]1C[C@@H](O)CN1C(=O)c1cccc(C(=O)N[C@@H](Cc2ccccc2)[C@H](O)CN(CC(C)C)S(=O)(=O)c2ccc(OC)cc2)c1. The molecular formula is C35H45N3O8S. The van der Waals surface area contributed by atoms with E-state index in [2.05, 4.69) is 5.32 Å². The first-order valence-corrected chi connectivity index (χ1v) is 17.1. The van der Waals surface area contributed by atoms with Crippen molar-refractivity contribution in [2.24, 2.45) is 5.92 Å². The molecule has 0 aliphatic carbocycles. The van der Waals surface area contributed by atoms with Crippen molar-refractivity contribution in [2.45, 2.75) is 55.9 Å². The number of sulfonamides is 1. The van der Waals surface area contributed by atoms with Crippen molar-refractivity contribution < 1.29 is 37.7 Å². The summed E-state index contributed by atoms with van der Waals surface area (Å²) in [5.74, 6) is -0.378. The number of benzene rings is 3. The molecule has 1 fully saturated rings. The third-order valence-corrected chi connectivity index (χ3v) is 9.97. The van der Waals surface area contributed by atoms with Crippen LogP contribution < -0.4 is 10.1 Å². The lowest BCUT2D eigenvalue weighted by molar-refractivity contribution is 0.0622. The first kappa shape index (κ1) is 36.0. The molecule has 1 aliphatic rings. The van der Waals surface area contributed by atoms with E-state index in [1.54, 1.807) is 35.2 Å². The third-order valence-electron chi connectivity index (χ3n) is 8.12. The highest BCUT2D eigenvalue weighted by Gasteiger charge is 2.35. The fraction of sp³-hybridized carbons (Fsp3) is 0.429. The number of carbonyl (C=O) groups is 2. The molecule has 1 aliphatic heterocycles. The number of nitrogens with zero attached hydrogens (tertiary/aromatic N) is 2. The highest BCUT2D eigenvalue weighted by atomic mass is 32.2. The quantitative estimate of drug-likeness (QED) is 0.224. The van der Waals surface area contributed by atoms with Crippen LogP contribution >= 0.6 is 0 Å². The lowest BCUT2D eigenvalue weighted by Gasteiger charge is -2.31. The number of aliphatic hydroxyl groups is 2. The van der Waals surface area contributed by atoms with Crippen molar-refractivity contribution in [3.05, 3.63) is 95.6 Å². The van der Waals surface area contributed by atoms with Crippen LogP contribution in [-0.2, 0) is 21.2 Å². The highest BCUT2D eigenvalue weighted by molar-refractivity contribution is 7.89. The molecule has 4 rings (SSSR count). The van der Waals surface area contributed by atoms with E-state index in [0.717, 1.165) is 5.56 Å². The summed E-state index contributed by atoms with van der Waals surface area (Å²) in [6.07, 6.45) is -1.30. The Morgan fingerprint density at radius 1 is 0.979 bits per heavy atom. The van der Waals surface area contributed by atoms with Crippen LogP contribution in [0, 0.1) is 5.92 Å². The Labute approximate surface area is 277 Å². The number of likely N-dealkylation sites (tertiary alicyclic amines) is 1. The first-order valence-electron chi connectivity index (χ1n) is 15.7. The number of methoxy groups -OCH3 is 2. The summed E-state index contributed by atoms with van der Waals surface area (Å²) in [5.41, 5.74) is 1.32. The summed E-state index contributed by atoms with van der Waals surface area (Å²) in [6.45, 7) is 4.12. The van der Waals surface area contributed by atoms with Crippen LogP contribution in [0.4, 0.5) is 0 Å². The summed E-state index contributed by atoms with van der Waals surface area (Å²) in [4.78, 5) is 28.7. The van der Waals surface area contributed by atoms with Gasteiger partial charge in [-0.05, 0) is 66.8 Å². The van der Waals surface area contributed by atoms with E-state index in [1.165, 1.54) is 36.7 Å². The third kappa shape index (κ3) is 9.39. The summed E-state index contributed by atoms with van der Waals surface area (Å²) in [6, 6.07) is 20.5. The molecule has 2 amide bonds. The number of amides is 2. The van der Waals surface area contributed by atoms with E-state index in [4.69, 9.17) is 9.47 Å². The Morgan fingerprint density at radius 2 is 1.66 bits per heavy atom. The standard InChI is InChI=1S/C35H45N3O8S/c1-24(2)20-37(47(43,44)31-15-13-30(46-4)14-16-31)22-33(40)32(17-25-9-6-5-7-10-25)36-34(41)26-11-8-12-27(18-26)35(42)38-21-29(39)19-28(38)23-45-3/h5-16,18,24,28-29,32-33,39-40H,17,19-23H2,1-4H3,(H,36,41)/t28-,29+,32-,33+/m0/s1. The van der Waals surface area contributed by atoms with E-state index >= 15 is 0 Å². The molecule has 0 unspecified atom stereocenters. The van der Waals surface area contributed by atoms with E-state index in [-0.39, 0.29) is 66.6 Å². The van der Waals surface area contributed by atoms with Crippen LogP contribution in [0.2, 0.25) is 0 Å². The number of carbonyl (C=O) groups excluding carboxylic acids is 2. The molecule has 0 radical (unpaired) electrons. The van der Waals surface area contributed by atoms with Gasteiger partial charge in [-0.1, -0.05) is 50.2 Å². The van der Waals surface area contributed by atoms with Crippen molar-refractivity contribution in [3.63, 3.8) is 0 Å². The molecule has 4 atom stereocenters. The monoisotopic (exact) mass is 667 g/mol. The minimum atomic E-state index is -4.00. The molecule has 47 heavy (non-hydrogen) atoms. The minimum absolute atomic E-state index is 0.0436. The maximum atomic E-state index is 13.7. The predicted molar refractivity (Wildman–Crippen MR) is 178 cm³/mol. The number of nitrogens with one attached hydrogen (secondary N) is 1. The van der Waals surface area contributed by atoms with Gasteiger partial charge in [-0.3, -0.25) is 9.59 Å². The van der Waals surface area contributed by atoms with Gasteiger partial charge in [-0.15, -0.1) is 0 Å². The topological polar surface area (TPSA) is 146 Å². The summed E-state index contributed by atoms with van der Waals surface area (Å²) in [7, 11) is -0.969. The van der Waals surface area contributed by atoms with Crippen molar-refractivity contribution in [3.8, 4) is 5.75 Å². The molecule has 1 heterocycles. The molecule has 1 saturated heterocycles. The van der Waals surface area contributed by atoms with Gasteiger partial charge in [0.15, 0.2) is 0 Å². The second-order valence-electron chi connectivity index (χ2n) is 12.3. The van der Waals surface area contributed by atoms with Gasteiger partial charge in [-0.25, -0.2) is 8.42 Å². The van der Waals surface area contributed by atoms with Gasteiger partial charge < -0.3 is 29.9 Å². The van der Waals surface area contributed by atoms with Gasteiger partial charge in [-0.2, -0.15) is 4.31 Å². The zero-order chi connectivity index (χ0) is 34.1. The lowest BCUT2D eigenvalue weighted by Crippen LogP contribution is -2.51. The Balaban J connectivity index is 1.58. The molecule has 3 aromatic rings. The molecule has 0 spiro atoms. The Kier molecular flexibility index (Phi) is 12.5. The van der Waals surface area contributed by atoms with Gasteiger partial charge in [0.1, 0.15) is 5.75 Å². The maximum Gasteiger partial charge on any atom is 0.254 e. The maximum absolute atomic E-state index is 13.7. The van der Waals surface area contributed by atoms with E-state index in [1.807, 2.05) is 44.2 Å². The van der Waals surface area contributed by atoms with Crippen molar-refractivity contribution in [2.75, 3.05) is 40.5 Å². The number of hydrogen-bond donors (Lipinski definition) is 3. The Hall–Kier alpha value is -3.81. The zero-order valence-corrected chi connectivity index (χ0v) is 28.1. The van der Waals surface area contributed by atoms with Crippen molar-refractivity contribution >= 4 is 21.8 Å². The van der Waals surface area contributed by atoms with Gasteiger partial charge in [0.25, 0.3) is 11.8 Å². The number of β-amino-alcohol motifs (C(OH)–C–C–N with tert-alkyl or cyclic N) is 1. The fourth-order valence-electron chi connectivity index (χ4n) is 5.76. The van der Waals surface area contributed by atoms with Crippen molar-refractivity contribution in [1.82, 2.24) is 14.5 Å². The Bertz CT molecular complexity index is 1580. The smallest absolute Gasteiger partial charge is 0.254 e. The minimum Gasteiger partial charge on any atom is -0.497 e. The van der Waals surface area contributed by atoms with E-state index < -0.39 is 34.2 Å². The average Bonchev–Trinajstić information content (AvgIpc) is 3.43. The normalized spacial score (nSPS) is 17.9. The number of rotatable bonds is 15. The first-order chi connectivity index (χ1) is 22.4. The summed E-state index contributed by atoms with van der Waals surface area (Å²) >= 11 is 0. The van der Waals surface area contributed by atoms with Gasteiger partial charge in [0, 0.05) is 37.9 Å². The van der Waals surface area contributed by atoms with E-state index in [9.17, 15) is 28.2 Å². The van der Waals surface area contributed by atoms with Crippen molar-refractivity contribution in [1.29, 1.82) is 0 Å². The molecule has 0 saturated carbocycles. The number of aliphatic hydroxyl groups excluding tert-OH is 2. The average molecular weight is 668 g/mol. The number of hydrogen-bond acceptors (Lipinski definition) is 8. The van der Waals surface area contributed by atoms with Crippen LogP contribution in [-0.4, -0.2) is 104 Å². The van der Waals surface area contributed by atoms with Crippen LogP contribution in [0.5, 0.6) is 5.75 Å². The second kappa shape index (κ2) is 16.3.